The van der Waals surface area contributed by atoms with Gasteiger partial charge < -0.3 is 10.2 Å². The number of aromatic nitrogens is 1. The summed E-state index contributed by atoms with van der Waals surface area (Å²) in [6.45, 7) is 6.87. The first-order valence-corrected chi connectivity index (χ1v) is 7.49. The summed E-state index contributed by atoms with van der Waals surface area (Å²) in [5, 5.41) is 3.67. The van der Waals surface area contributed by atoms with Crippen LogP contribution in [-0.4, -0.2) is 42.1 Å². The molecule has 0 aromatic carbocycles. The predicted molar refractivity (Wildman–Crippen MR) is 80.2 cm³/mol. The second-order valence-corrected chi connectivity index (χ2v) is 6.08. The molecule has 106 valence electrons. The molecule has 0 saturated heterocycles. The number of hydrogen-bond acceptors (Lipinski definition) is 3. The van der Waals surface area contributed by atoms with Crippen molar-refractivity contribution in [3.63, 3.8) is 0 Å². The molecule has 1 fully saturated rings. The molecule has 1 saturated carbocycles. The molecule has 1 aromatic heterocycles. The first-order valence-electron chi connectivity index (χ1n) is 7.49. The first-order chi connectivity index (χ1) is 9.16. The van der Waals surface area contributed by atoms with Gasteiger partial charge in [0.25, 0.3) is 0 Å². The van der Waals surface area contributed by atoms with Gasteiger partial charge in [-0.2, -0.15) is 0 Å². The second kappa shape index (κ2) is 7.01. The van der Waals surface area contributed by atoms with E-state index >= 15 is 0 Å². The van der Waals surface area contributed by atoms with Crippen molar-refractivity contribution in [3.05, 3.63) is 30.1 Å². The van der Waals surface area contributed by atoms with Gasteiger partial charge >= 0.3 is 0 Å². The van der Waals surface area contributed by atoms with E-state index < -0.39 is 0 Å². The maximum absolute atomic E-state index is 4.07. The van der Waals surface area contributed by atoms with Crippen LogP contribution in [0.4, 0.5) is 0 Å². The average molecular weight is 261 g/mol. The van der Waals surface area contributed by atoms with Crippen LogP contribution in [0, 0.1) is 5.92 Å². The highest BCUT2D eigenvalue weighted by Crippen LogP contribution is 2.19. The molecule has 1 aromatic rings. The van der Waals surface area contributed by atoms with Gasteiger partial charge in [-0.25, -0.2) is 0 Å². The normalized spacial score (nSPS) is 17.1. The Hall–Kier alpha value is -0.930. The predicted octanol–water partition coefficient (Wildman–Crippen LogP) is 2.33. The molecule has 0 radical (unpaired) electrons. The Morgan fingerprint density at radius 3 is 2.58 bits per heavy atom. The fourth-order valence-corrected chi connectivity index (χ4v) is 2.50. The first kappa shape index (κ1) is 14.5. The third-order valence-electron chi connectivity index (χ3n) is 4.03. The zero-order chi connectivity index (χ0) is 13.7. The number of nitrogens with one attached hydrogen (secondary N) is 1. The lowest BCUT2D eigenvalue weighted by Crippen LogP contribution is -2.44. The molecule has 0 spiro atoms. The molecule has 1 heterocycles. The van der Waals surface area contributed by atoms with E-state index in [1.165, 1.54) is 18.4 Å². The summed E-state index contributed by atoms with van der Waals surface area (Å²) in [7, 11) is 2.25. The molecule has 3 heteroatoms. The molecule has 19 heavy (non-hydrogen) atoms. The van der Waals surface area contributed by atoms with E-state index in [9.17, 15) is 0 Å². The minimum atomic E-state index is 0.627. The minimum absolute atomic E-state index is 0.627. The van der Waals surface area contributed by atoms with Gasteiger partial charge in [-0.05, 0) is 49.9 Å². The van der Waals surface area contributed by atoms with Crippen molar-refractivity contribution in [1.29, 1.82) is 0 Å². The smallest absolute Gasteiger partial charge is 0.0270 e. The van der Waals surface area contributed by atoms with Crippen LogP contribution in [0.1, 0.15) is 32.3 Å². The van der Waals surface area contributed by atoms with Crippen molar-refractivity contribution in [2.75, 3.05) is 20.1 Å². The number of rotatable bonds is 8. The van der Waals surface area contributed by atoms with E-state index in [2.05, 4.69) is 48.2 Å². The van der Waals surface area contributed by atoms with Crippen LogP contribution in [0.3, 0.4) is 0 Å². The van der Waals surface area contributed by atoms with Crippen molar-refractivity contribution in [2.24, 2.45) is 5.92 Å². The van der Waals surface area contributed by atoms with Crippen molar-refractivity contribution < 1.29 is 0 Å². The molecule has 1 aliphatic carbocycles. The molecule has 3 nitrogen and oxygen atoms in total. The Morgan fingerprint density at radius 1 is 1.32 bits per heavy atom. The molecule has 1 atom stereocenters. The topological polar surface area (TPSA) is 28.2 Å². The summed E-state index contributed by atoms with van der Waals surface area (Å²) in [6.07, 6.45) is 7.59. The minimum Gasteiger partial charge on any atom is -0.312 e. The fraction of sp³-hybridized carbons (Fsp3) is 0.688. The van der Waals surface area contributed by atoms with Crippen LogP contribution in [0.15, 0.2) is 24.5 Å². The van der Waals surface area contributed by atoms with Crippen LogP contribution in [0.2, 0.25) is 0 Å². The van der Waals surface area contributed by atoms with Gasteiger partial charge in [0.2, 0.25) is 0 Å². The lowest BCUT2D eigenvalue weighted by molar-refractivity contribution is 0.188. The number of hydrogen-bond donors (Lipinski definition) is 1. The molecule has 1 aliphatic rings. The molecule has 0 bridgehead atoms. The largest absolute Gasteiger partial charge is 0.312 e. The standard InChI is InChI=1S/C16H27N3/c1-13(2)16(12-18-15-4-5-15)19(3)11-8-14-6-9-17-10-7-14/h6-7,9-10,13,15-16,18H,4-5,8,11-12H2,1-3H3. The van der Waals surface area contributed by atoms with E-state index in [0.29, 0.717) is 12.0 Å². The van der Waals surface area contributed by atoms with E-state index in [0.717, 1.165) is 25.6 Å². The summed E-state index contributed by atoms with van der Waals surface area (Å²) in [5.74, 6) is 0.689. The van der Waals surface area contributed by atoms with Crippen LogP contribution in [-0.2, 0) is 6.42 Å². The zero-order valence-corrected chi connectivity index (χ0v) is 12.5. The van der Waals surface area contributed by atoms with Gasteiger partial charge in [0.15, 0.2) is 0 Å². The molecular formula is C16H27N3. The highest BCUT2D eigenvalue weighted by atomic mass is 15.2. The Kier molecular flexibility index (Phi) is 5.34. The summed E-state index contributed by atoms with van der Waals surface area (Å²) in [5.41, 5.74) is 1.37. The fourth-order valence-electron chi connectivity index (χ4n) is 2.50. The van der Waals surface area contributed by atoms with Gasteiger partial charge in [0, 0.05) is 37.6 Å². The van der Waals surface area contributed by atoms with Crippen molar-refractivity contribution >= 4 is 0 Å². The maximum Gasteiger partial charge on any atom is 0.0270 e. The molecule has 1 N–H and O–H groups in total. The third-order valence-corrected chi connectivity index (χ3v) is 4.03. The van der Waals surface area contributed by atoms with Crippen LogP contribution < -0.4 is 5.32 Å². The van der Waals surface area contributed by atoms with Gasteiger partial charge in [-0.15, -0.1) is 0 Å². The number of pyridine rings is 1. The molecule has 2 rings (SSSR count). The molecule has 0 amide bonds. The van der Waals surface area contributed by atoms with Crippen LogP contribution in [0.5, 0.6) is 0 Å². The average Bonchev–Trinajstić information content (AvgIpc) is 3.21. The van der Waals surface area contributed by atoms with Crippen LogP contribution >= 0.6 is 0 Å². The zero-order valence-electron chi connectivity index (χ0n) is 12.5. The number of likely N-dealkylation sites (N-methyl/N-ethyl adjacent to an activating group) is 1. The van der Waals surface area contributed by atoms with E-state index in [1.54, 1.807) is 0 Å². The SMILES string of the molecule is CC(C)C(CNC1CC1)N(C)CCc1ccncc1. The Morgan fingerprint density at radius 2 is 2.00 bits per heavy atom. The second-order valence-electron chi connectivity index (χ2n) is 6.08. The Labute approximate surface area is 117 Å². The maximum atomic E-state index is 4.07. The molecule has 0 aliphatic heterocycles. The lowest BCUT2D eigenvalue weighted by Gasteiger charge is -2.31. The summed E-state index contributed by atoms with van der Waals surface area (Å²) in [4.78, 5) is 6.57. The summed E-state index contributed by atoms with van der Waals surface area (Å²) in [6, 6.07) is 5.65. The van der Waals surface area contributed by atoms with Crippen molar-refractivity contribution in [3.8, 4) is 0 Å². The Balaban J connectivity index is 1.78. The Bertz CT molecular complexity index is 360. The van der Waals surface area contributed by atoms with Gasteiger partial charge in [-0.1, -0.05) is 13.8 Å². The van der Waals surface area contributed by atoms with E-state index in [4.69, 9.17) is 0 Å². The van der Waals surface area contributed by atoms with E-state index in [-0.39, 0.29) is 0 Å². The van der Waals surface area contributed by atoms with Crippen molar-refractivity contribution in [2.45, 2.75) is 45.2 Å². The van der Waals surface area contributed by atoms with E-state index in [1.807, 2.05) is 12.4 Å². The lowest BCUT2D eigenvalue weighted by atomic mass is 10.0. The quantitative estimate of drug-likeness (QED) is 0.778. The van der Waals surface area contributed by atoms with Crippen LogP contribution in [0.25, 0.3) is 0 Å². The van der Waals surface area contributed by atoms with Gasteiger partial charge in [0.1, 0.15) is 0 Å². The molecular weight excluding hydrogens is 234 g/mol. The van der Waals surface area contributed by atoms with Crippen molar-refractivity contribution in [1.82, 2.24) is 15.2 Å². The summed E-state index contributed by atoms with van der Waals surface area (Å²) >= 11 is 0. The van der Waals surface area contributed by atoms with Gasteiger partial charge in [0.05, 0.1) is 0 Å². The monoisotopic (exact) mass is 261 g/mol. The number of nitrogens with zero attached hydrogens (tertiary/aromatic N) is 2. The highest BCUT2D eigenvalue weighted by Gasteiger charge is 2.24. The highest BCUT2D eigenvalue weighted by molar-refractivity contribution is 5.09. The molecule has 1 unspecified atom stereocenters. The van der Waals surface area contributed by atoms with Gasteiger partial charge in [-0.3, -0.25) is 4.98 Å². The third kappa shape index (κ3) is 4.92. The summed E-state index contributed by atoms with van der Waals surface area (Å²) < 4.78 is 0.